The summed E-state index contributed by atoms with van der Waals surface area (Å²) < 4.78 is 5.39. The number of carbonyl (C=O) groups is 2. The molecular formula is C16H20N2O3. The summed E-state index contributed by atoms with van der Waals surface area (Å²) in [5.74, 6) is 0.609. The Kier molecular flexibility index (Phi) is 3.82. The molecule has 0 N–H and O–H groups in total. The molecule has 1 aromatic carbocycles. The summed E-state index contributed by atoms with van der Waals surface area (Å²) >= 11 is 0. The van der Waals surface area contributed by atoms with Crippen molar-refractivity contribution in [3.05, 3.63) is 23.8 Å². The first kappa shape index (κ1) is 13.9. The van der Waals surface area contributed by atoms with E-state index in [4.69, 9.17) is 4.74 Å². The average Bonchev–Trinajstić information content (AvgIpc) is 2.79. The summed E-state index contributed by atoms with van der Waals surface area (Å²) in [7, 11) is 1.71. The Morgan fingerprint density at radius 3 is 2.57 bits per heavy atom. The topological polar surface area (TPSA) is 49.9 Å². The molecule has 3 rings (SSSR count). The van der Waals surface area contributed by atoms with Crippen LogP contribution in [0, 0.1) is 0 Å². The van der Waals surface area contributed by atoms with Crippen molar-refractivity contribution in [2.24, 2.45) is 0 Å². The highest BCUT2D eigenvalue weighted by Gasteiger charge is 2.25. The fourth-order valence-electron chi connectivity index (χ4n) is 2.86. The lowest BCUT2D eigenvalue weighted by molar-refractivity contribution is -0.120. The minimum atomic E-state index is -0.0955. The number of rotatable bonds is 1. The Hall–Kier alpha value is -2.04. The highest BCUT2D eigenvalue weighted by atomic mass is 16.5. The number of likely N-dealkylation sites (N-methyl/N-ethyl adjacent to an activating group) is 1. The minimum Gasteiger partial charge on any atom is -0.482 e. The monoisotopic (exact) mass is 288 g/mol. The van der Waals surface area contributed by atoms with E-state index < -0.39 is 0 Å². The molecule has 0 atom stereocenters. The fraction of sp³-hybridized carbons (Fsp3) is 0.500. The normalized spacial score (nSPS) is 18.8. The quantitative estimate of drug-likeness (QED) is 0.795. The molecule has 1 saturated heterocycles. The summed E-state index contributed by atoms with van der Waals surface area (Å²) in [5.41, 5.74) is 1.30. The van der Waals surface area contributed by atoms with Gasteiger partial charge >= 0.3 is 0 Å². The van der Waals surface area contributed by atoms with Gasteiger partial charge in [0.2, 0.25) is 0 Å². The molecule has 0 radical (unpaired) electrons. The molecule has 5 heteroatoms. The number of hydrogen-bond donors (Lipinski definition) is 0. The molecule has 0 spiro atoms. The zero-order valence-electron chi connectivity index (χ0n) is 12.3. The molecular weight excluding hydrogens is 268 g/mol. The van der Waals surface area contributed by atoms with Gasteiger partial charge in [-0.1, -0.05) is 12.8 Å². The molecule has 2 aliphatic rings. The average molecular weight is 288 g/mol. The van der Waals surface area contributed by atoms with Gasteiger partial charge in [-0.05, 0) is 31.0 Å². The second kappa shape index (κ2) is 5.76. The van der Waals surface area contributed by atoms with Crippen LogP contribution in [0.15, 0.2) is 18.2 Å². The lowest BCUT2D eigenvalue weighted by Crippen LogP contribution is -2.36. The molecule has 5 nitrogen and oxygen atoms in total. The van der Waals surface area contributed by atoms with Crippen molar-refractivity contribution in [3.63, 3.8) is 0 Å². The molecule has 2 amide bonds. The van der Waals surface area contributed by atoms with Gasteiger partial charge in [0.05, 0.1) is 5.69 Å². The minimum absolute atomic E-state index is 0.0473. The van der Waals surface area contributed by atoms with Crippen LogP contribution in [0.2, 0.25) is 0 Å². The van der Waals surface area contributed by atoms with E-state index in [2.05, 4.69) is 0 Å². The number of hydrogen-bond acceptors (Lipinski definition) is 3. The maximum atomic E-state index is 12.6. The van der Waals surface area contributed by atoms with E-state index in [9.17, 15) is 9.59 Å². The van der Waals surface area contributed by atoms with Crippen LogP contribution in [0.25, 0.3) is 0 Å². The van der Waals surface area contributed by atoms with E-state index in [0.717, 1.165) is 25.9 Å². The van der Waals surface area contributed by atoms with E-state index in [1.54, 1.807) is 30.1 Å². The number of likely N-dealkylation sites (tertiary alicyclic amines) is 1. The molecule has 0 bridgehead atoms. The van der Waals surface area contributed by atoms with Crippen molar-refractivity contribution in [1.82, 2.24) is 4.90 Å². The van der Waals surface area contributed by atoms with Crippen molar-refractivity contribution in [2.75, 3.05) is 31.6 Å². The molecule has 1 fully saturated rings. The van der Waals surface area contributed by atoms with Crippen molar-refractivity contribution in [3.8, 4) is 5.75 Å². The largest absolute Gasteiger partial charge is 0.482 e. The SMILES string of the molecule is CN1C(=O)COc2ccc(C(=O)N3CCCCCC3)cc21. The van der Waals surface area contributed by atoms with Gasteiger partial charge in [0.1, 0.15) is 5.75 Å². The van der Waals surface area contributed by atoms with Crippen LogP contribution in [0.4, 0.5) is 5.69 Å². The van der Waals surface area contributed by atoms with Crippen LogP contribution >= 0.6 is 0 Å². The zero-order valence-corrected chi connectivity index (χ0v) is 12.3. The Morgan fingerprint density at radius 2 is 1.86 bits per heavy atom. The highest BCUT2D eigenvalue weighted by molar-refractivity contribution is 6.00. The Labute approximate surface area is 124 Å². The van der Waals surface area contributed by atoms with Gasteiger partial charge in [-0.2, -0.15) is 0 Å². The summed E-state index contributed by atoms with van der Waals surface area (Å²) in [6.45, 7) is 1.70. The predicted octanol–water partition coefficient (Wildman–Crippen LogP) is 2.06. The van der Waals surface area contributed by atoms with Crippen LogP contribution in [0.3, 0.4) is 0 Å². The van der Waals surface area contributed by atoms with Crippen molar-refractivity contribution < 1.29 is 14.3 Å². The number of amides is 2. The third kappa shape index (κ3) is 2.73. The van der Waals surface area contributed by atoms with Crippen LogP contribution in [0.1, 0.15) is 36.0 Å². The molecule has 0 saturated carbocycles. The van der Waals surface area contributed by atoms with Crippen LogP contribution in [0.5, 0.6) is 5.75 Å². The Balaban J connectivity index is 1.85. The van der Waals surface area contributed by atoms with Crippen LogP contribution < -0.4 is 9.64 Å². The lowest BCUT2D eigenvalue weighted by Gasteiger charge is -2.27. The lowest BCUT2D eigenvalue weighted by atomic mass is 10.1. The summed E-state index contributed by atoms with van der Waals surface area (Å²) in [6.07, 6.45) is 4.52. The second-order valence-corrected chi connectivity index (χ2v) is 5.63. The fourth-order valence-corrected chi connectivity index (χ4v) is 2.86. The van der Waals surface area contributed by atoms with Gasteiger partial charge in [0.25, 0.3) is 11.8 Å². The predicted molar refractivity (Wildman–Crippen MR) is 79.7 cm³/mol. The first-order valence-corrected chi connectivity index (χ1v) is 7.49. The summed E-state index contributed by atoms with van der Waals surface area (Å²) in [6, 6.07) is 5.33. The van der Waals surface area contributed by atoms with E-state index >= 15 is 0 Å². The van der Waals surface area contributed by atoms with E-state index in [0.29, 0.717) is 17.0 Å². The number of fused-ring (bicyclic) bond motifs is 1. The molecule has 2 heterocycles. The van der Waals surface area contributed by atoms with Crippen LogP contribution in [-0.2, 0) is 4.79 Å². The van der Waals surface area contributed by atoms with Crippen molar-refractivity contribution in [1.29, 1.82) is 0 Å². The number of anilines is 1. The van der Waals surface area contributed by atoms with E-state index in [1.807, 2.05) is 4.90 Å². The maximum Gasteiger partial charge on any atom is 0.264 e. The summed E-state index contributed by atoms with van der Waals surface area (Å²) in [4.78, 5) is 27.8. The maximum absolute atomic E-state index is 12.6. The van der Waals surface area contributed by atoms with Gasteiger partial charge in [-0.25, -0.2) is 0 Å². The summed E-state index contributed by atoms with van der Waals surface area (Å²) in [5, 5.41) is 0. The van der Waals surface area contributed by atoms with Gasteiger partial charge in [0.15, 0.2) is 6.61 Å². The van der Waals surface area contributed by atoms with Gasteiger partial charge in [0, 0.05) is 25.7 Å². The van der Waals surface area contributed by atoms with Crippen molar-refractivity contribution in [2.45, 2.75) is 25.7 Å². The molecule has 0 unspecified atom stereocenters. The number of ether oxygens (including phenoxy) is 1. The Morgan fingerprint density at radius 1 is 1.14 bits per heavy atom. The van der Waals surface area contributed by atoms with Gasteiger partial charge in [-0.3, -0.25) is 9.59 Å². The highest BCUT2D eigenvalue weighted by Crippen LogP contribution is 2.32. The van der Waals surface area contributed by atoms with Gasteiger partial charge in [-0.15, -0.1) is 0 Å². The third-order valence-corrected chi connectivity index (χ3v) is 4.19. The Bertz CT molecular complexity index is 563. The number of carbonyl (C=O) groups excluding carboxylic acids is 2. The van der Waals surface area contributed by atoms with E-state index in [-0.39, 0.29) is 18.4 Å². The van der Waals surface area contributed by atoms with Gasteiger partial charge < -0.3 is 14.5 Å². The smallest absolute Gasteiger partial charge is 0.264 e. The first-order valence-electron chi connectivity index (χ1n) is 7.49. The molecule has 21 heavy (non-hydrogen) atoms. The standard InChI is InChI=1S/C16H20N2O3/c1-17-13-10-12(6-7-14(13)21-11-15(17)19)16(20)18-8-4-2-3-5-9-18/h6-7,10H,2-5,8-9,11H2,1H3. The third-order valence-electron chi connectivity index (χ3n) is 4.19. The molecule has 1 aromatic rings. The van der Waals surface area contributed by atoms with E-state index in [1.165, 1.54) is 12.8 Å². The number of benzene rings is 1. The molecule has 2 aliphatic heterocycles. The molecule has 0 aliphatic carbocycles. The molecule has 0 aromatic heterocycles. The second-order valence-electron chi connectivity index (χ2n) is 5.63. The van der Waals surface area contributed by atoms with Crippen molar-refractivity contribution >= 4 is 17.5 Å². The molecule has 112 valence electrons. The zero-order chi connectivity index (χ0) is 14.8. The van der Waals surface area contributed by atoms with Crippen LogP contribution in [-0.4, -0.2) is 43.5 Å². The first-order chi connectivity index (χ1) is 10.2. The number of nitrogens with zero attached hydrogens (tertiary/aromatic N) is 2.